The number of nitrogens with one attached hydrogen (secondary N) is 1. The van der Waals surface area contributed by atoms with Gasteiger partial charge in [-0.25, -0.2) is 18.4 Å². The number of benzene rings is 1. The average Bonchev–Trinajstić information content (AvgIpc) is 3.30. The van der Waals surface area contributed by atoms with Crippen molar-refractivity contribution in [2.45, 2.75) is 57.6 Å². The van der Waals surface area contributed by atoms with E-state index >= 15 is 0 Å². The number of carbonyl (C=O) groups excluding carboxylic acids is 1. The Morgan fingerprint density at radius 2 is 1.90 bits per heavy atom. The first-order chi connectivity index (χ1) is 20.2. The van der Waals surface area contributed by atoms with Crippen LogP contribution in [0, 0.1) is 12.8 Å². The Labute approximate surface area is 248 Å². The third kappa shape index (κ3) is 6.21. The van der Waals surface area contributed by atoms with Gasteiger partial charge in [0.15, 0.2) is 0 Å². The Hall–Kier alpha value is -2.96. The van der Waals surface area contributed by atoms with E-state index in [1.807, 2.05) is 0 Å². The van der Waals surface area contributed by atoms with Gasteiger partial charge in [-0.1, -0.05) is 6.07 Å². The third-order valence-electron chi connectivity index (χ3n) is 9.38. The highest BCUT2D eigenvalue weighted by Crippen LogP contribution is 2.42. The summed E-state index contributed by atoms with van der Waals surface area (Å²) in [5, 5.41) is 12.9. The van der Waals surface area contributed by atoms with E-state index in [0.29, 0.717) is 37.6 Å². The highest BCUT2D eigenvalue weighted by molar-refractivity contribution is 7.90. The van der Waals surface area contributed by atoms with Gasteiger partial charge in [0.05, 0.1) is 17.0 Å². The molecule has 3 fully saturated rings. The monoisotopic (exact) mass is 598 g/mol. The van der Waals surface area contributed by atoms with Crippen LogP contribution in [0.4, 0.5) is 17.3 Å². The minimum atomic E-state index is -3.12. The highest BCUT2D eigenvalue weighted by Gasteiger charge is 2.37. The van der Waals surface area contributed by atoms with Crippen molar-refractivity contribution in [2.75, 3.05) is 68.1 Å². The summed E-state index contributed by atoms with van der Waals surface area (Å²) in [5.74, 6) is 3.33. The second-order valence-corrected chi connectivity index (χ2v) is 14.7. The van der Waals surface area contributed by atoms with Gasteiger partial charge in [-0.2, -0.15) is 0 Å². The van der Waals surface area contributed by atoms with Gasteiger partial charge >= 0.3 is 0 Å². The zero-order chi connectivity index (χ0) is 29.4. The number of likely N-dealkylation sites (tertiary alicyclic amines) is 2. The van der Waals surface area contributed by atoms with Crippen LogP contribution in [-0.2, 0) is 21.2 Å². The van der Waals surface area contributed by atoms with Gasteiger partial charge in [0, 0.05) is 51.5 Å². The summed E-state index contributed by atoms with van der Waals surface area (Å²) >= 11 is 0. The number of carbonyl (C=O) groups is 1. The van der Waals surface area contributed by atoms with Gasteiger partial charge < -0.3 is 25.0 Å². The number of piperidine rings is 1. The number of anilines is 3. The maximum absolute atomic E-state index is 12.3. The number of rotatable bonds is 8. The van der Waals surface area contributed by atoms with E-state index in [4.69, 9.17) is 4.74 Å². The molecule has 1 aromatic heterocycles. The smallest absolute Gasteiger partial charge is 0.223 e. The number of hydrogen-bond donors (Lipinski definition) is 2. The molecule has 2 N–H and O–H groups in total. The lowest BCUT2D eigenvalue weighted by Gasteiger charge is -2.47. The number of aliphatic hydroxyl groups excluding tert-OH is 1. The predicted molar refractivity (Wildman–Crippen MR) is 161 cm³/mol. The van der Waals surface area contributed by atoms with Gasteiger partial charge in [-0.3, -0.25) is 9.69 Å². The number of nitrogens with zero attached hydrogens (tertiary/aromatic N) is 5. The van der Waals surface area contributed by atoms with Gasteiger partial charge in [0.2, 0.25) is 5.91 Å². The molecule has 6 rings (SSSR count). The first kappa shape index (κ1) is 29.1. The maximum Gasteiger partial charge on any atom is 0.223 e. The minimum absolute atomic E-state index is 0.0629. The summed E-state index contributed by atoms with van der Waals surface area (Å²) in [6, 6.07) is 4.84. The molecule has 2 aromatic rings. The molecule has 0 spiro atoms. The van der Waals surface area contributed by atoms with Crippen LogP contribution in [0.5, 0.6) is 5.75 Å². The fourth-order valence-corrected chi connectivity index (χ4v) is 7.42. The summed E-state index contributed by atoms with van der Waals surface area (Å²) in [4.78, 5) is 28.1. The number of amides is 1. The molecule has 1 amide bonds. The first-order valence-electron chi connectivity index (χ1n) is 15.1. The van der Waals surface area contributed by atoms with Gasteiger partial charge in [-0.15, -0.1) is 0 Å². The number of sulfone groups is 1. The quantitative estimate of drug-likeness (QED) is 0.468. The molecule has 228 valence electrons. The normalized spacial score (nSPS) is 21.6. The van der Waals surface area contributed by atoms with Gasteiger partial charge in [0.1, 0.15) is 40.2 Å². The van der Waals surface area contributed by atoms with E-state index in [9.17, 15) is 18.3 Å². The fourth-order valence-electron chi connectivity index (χ4n) is 6.87. The van der Waals surface area contributed by atoms with Crippen LogP contribution in [0.25, 0.3) is 0 Å². The Morgan fingerprint density at radius 1 is 1.12 bits per heavy atom. The number of ether oxygens (including phenoxy) is 1. The second-order valence-electron chi connectivity index (χ2n) is 12.4. The largest absolute Gasteiger partial charge is 0.486 e. The van der Waals surface area contributed by atoms with Crippen LogP contribution >= 0.6 is 0 Å². The Balaban J connectivity index is 1.08. The van der Waals surface area contributed by atoms with Gasteiger partial charge in [0.25, 0.3) is 0 Å². The Bertz CT molecular complexity index is 1420. The molecule has 4 aliphatic rings. The van der Waals surface area contributed by atoms with E-state index in [0.717, 1.165) is 86.1 Å². The molecule has 0 aliphatic carbocycles. The molecule has 0 radical (unpaired) electrons. The zero-order valence-corrected chi connectivity index (χ0v) is 25.4. The van der Waals surface area contributed by atoms with Crippen molar-refractivity contribution < 1.29 is 23.1 Å². The lowest BCUT2D eigenvalue weighted by atomic mass is 9.87. The maximum atomic E-state index is 12.3. The first-order valence-corrected chi connectivity index (χ1v) is 17.2. The summed E-state index contributed by atoms with van der Waals surface area (Å²) in [6.07, 6.45) is 6.83. The second kappa shape index (κ2) is 12.0. The molecule has 5 heterocycles. The molecule has 1 unspecified atom stereocenters. The zero-order valence-electron chi connectivity index (χ0n) is 24.6. The Morgan fingerprint density at radius 3 is 2.64 bits per heavy atom. The van der Waals surface area contributed by atoms with Crippen molar-refractivity contribution in [2.24, 2.45) is 5.92 Å². The van der Waals surface area contributed by atoms with Crippen molar-refractivity contribution in [1.82, 2.24) is 19.8 Å². The highest BCUT2D eigenvalue weighted by atomic mass is 32.2. The summed E-state index contributed by atoms with van der Waals surface area (Å²) in [7, 11) is -3.12. The van der Waals surface area contributed by atoms with Crippen molar-refractivity contribution in [1.29, 1.82) is 0 Å². The summed E-state index contributed by atoms with van der Waals surface area (Å²) in [5.41, 5.74) is 4.32. The van der Waals surface area contributed by atoms with Crippen molar-refractivity contribution >= 4 is 33.1 Å². The van der Waals surface area contributed by atoms with Crippen molar-refractivity contribution in [3.05, 3.63) is 35.2 Å². The lowest BCUT2D eigenvalue weighted by molar-refractivity contribution is -0.138. The molecule has 4 aliphatic heterocycles. The molecule has 11 nitrogen and oxygen atoms in total. The molecule has 0 bridgehead atoms. The van der Waals surface area contributed by atoms with Crippen LogP contribution in [0.1, 0.15) is 54.7 Å². The van der Waals surface area contributed by atoms with Crippen LogP contribution in [0.15, 0.2) is 18.5 Å². The molecule has 1 aromatic carbocycles. The van der Waals surface area contributed by atoms with Crippen LogP contribution in [-0.4, -0.2) is 103 Å². The van der Waals surface area contributed by atoms with Crippen LogP contribution in [0.2, 0.25) is 0 Å². The fraction of sp³-hybridized carbons (Fsp3) is 0.633. The van der Waals surface area contributed by atoms with Crippen molar-refractivity contribution in [3.8, 4) is 5.75 Å². The Kier molecular flexibility index (Phi) is 8.30. The number of aliphatic hydroxyl groups is 1. The molecular weight excluding hydrogens is 556 g/mol. The van der Waals surface area contributed by atoms with E-state index in [1.54, 1.807) is 11.2 Å². The number of aryl methyl sites for hydroxylation is 1. The number of aromatic nitrogens is 2. The average molecular weight is 599 g/mol. The minimum Gasteiger partial charge on any atom is -0.486 e. The molecular formula is C30H42N6O5S. The van der Waals surface area contributed by atoms with E-state index in [1.165, 1.54) is 11.8 Å². The van der Waals surface area contributed by atoms with E-state index in [2.05, 4.69) is 44.1 Å². The molecule has 1 atom stereocenters. The number of hydrogen-bond acceptors (Lipinski definition) is 10. The predicted octanol–water partition coefficient (Wildman–Crippen LogP) is 2.45. The molecule has 0 saturated carbocycles. The molecule has 3 saturated heterocycles. The van der Waals surface area contributed by atoms with Gasteiger partial charge in [-0.05, 0) is 74.7 Å². The SMILES string of the molecule is Cc1cc(C2CCN(C3CN(C(=O)CCS(C)(=O)=O)C3)CC2)cc2c1OCc1c(ncnc1N1CCC(CCO)C1)N2. The standard InChI is InChI=1S/C30H42N6O5S/c1-20-13-23(22-4-9-34(10-5-22)24-16-36(17-24)27(38)7-12-42(2,39)40)14-26-28(20)41-18-25-29(33-26)31-19-32-30(25)35-8-3-21(15-35)6-11-37/h13-14,19,21-22,24,37H,3-12,15-18H2,1-2H3,(H,31,32,33). The van der Waals surface area contributed by atoms with E-state index in [-0.39, 0.29) is 24.7 Å². The number of fused-ring (bicyclic) bond motifs is 2. The lowest BCUT2D eigenvalue weighted by Crippen LogP contribution is -2.62. The summed E-state index contributed by atoms with van der Waals surface area (Å²) in [6.45, 7) is 7.87. The topological polar surface area (TPSA) is 128 Å². The molecule has 12 heteroatoms. The summed E-state index contributed by atoms with van der Waals surface area (Å²) < 4.78 is 29.1. The van der Waals surface area contributed by atoms with E-state index < -0.39 is 9.84 Å². The van der Waals surface area contributed by atoms with Crippen molar-refractivity contribution in [3.63, 3.8) is 0 Å². The molecule has 42 heavy (non-hydrogen) atoms. The van der Waals surface area contributed by atoms with Crippen LogP contribution < -0.4 is 15.0 Å². The third-order valence-corrected chi connectivity index (χ3v) is 10.3. The van der Waals surface area contributed by atoms with Crippen LogP contribution in [0.3, 0.4) is 0 Å².